The van der Waals surface area contributed by atoms with Crippen molar-refractivity contribution in [1.82, 2.24) is 4.98 Å². The molecule has 0 unspecified atom stereocenters. The van der Waals surface area contributed by atoms with Gasteiger partial charge in [0.05, 0.1) is 12.3 Å². The summed E-state index contributed by atoms with van der Waals surface area (Å²) in [5.74, 6) is 0.455. The monoisotopic (exact) mass is 291 g/mol. The number of ether oxygens (including phenoxy) is 1. The molecule has 0 atom stereocenters. The van der Waals surface area contributed by atoms with Crippen LogP contribution in [0.4, 0.5) is 22.0 Å². The molecule has 2 aromatic rings. The van der Waals surface area contributed by atoms with Gasteiger partial charge in [0.1, 0.15) is 5.15 Å². The first kappa shape index (κ1) is 14.1. The lowest BCUT2D eigenvalue weighted by molar-refractivity contribution is 0.168. The highest BCUT2D eigenvalue weighted by molar-refractivity contribution is 6.29. The van der Waals surface area contributed by atoms with Crippen LogP contribution < -0.4 is 10.6 Å². The molecule has 6 heteroatoms. The fraction of sp³-hybridized carbons (Fsp3) is 0.143. The molecule has 0 saturated heterocycles. The van der Waals surface area contributed by atoms with Crippen LogP contribution in [0.5, 0.6) is 0 Å². The Bertz CT molecular complexity index is 590. The van der Waals surface area contributed by atoms with Crippen LogP contribution in [0.15, 0.2) is 42.5 Å². The van der Waals surface area contributed by atoms with E-state index < -0.39 is 6.09 Å². The molecule has 0 aliphatic heterocycles. The Balaban J connectivity index is 2.22. The molecular formula is C14H14ClN3O2. The summed E-state index contributed by atoms with van der Waals surface area (Å²) in [6.45, 7) is 2.04. The van der Waals surface area contributed by atoms with Gasteiger partial charge in [0.15, 0.2) is 5.82 Å². The Kier molecular flexibility index (Phi) is 4.79. The summed E-state index contributed by atoms with van der Waals surface area (Å²) >= 11 is 5.89. The second-order valence-corrected chi connectivity index (χ2v) is 4.25. The molecule has 0 saturated carbocycles. The Labute approximate surface area is 121 Å². The number of amides is 1. The maximum atomic E-state index is 11.5. The number of carbonyl (C=O) groups is 1. The summed E-state index contributed by atoms with van der Waals surface area (Å²) in [6, 6.07) is 12.7. The molecule has 0 bridgehead atoms. The van der Waals surface area contributed by atoms with E-state index >= 15 is 0 Å². The maximum Gasteiger partial charge on any atom is 0.411 e. The van der Waals surface area contributed by atoms with Crippen LogP contribution in [-0.4, -0.2) is 17.7 Å². The van der Waals surface area contributed by atoms with Gasteiger partial charge in [0.2, 0.25) is 0 Å². The molecule has 0 radical (unpaired) electrons. The number of carbonyl (C=O) groups excluding carboxylic acids is 1. The molecule has 1 heterocycles. The zero-order valence-corrected chi connectivity index (χ0v) is 11.6. The average Bonchev–Trinajstić information content (AvgIpc) is 2.43. The highest BCUT2D eigenvalue weighted by Crippen LogP contribution is 2.25. The van der Waals surface area contributed by atoms with Crippen molar-refractivity contribution in [2.45, 2.75) is 6.92 Å². The lowest BCUT2D eigenvalue weighted by atomic mass is 10.3. The van der Waals surface area contributed by atoms with E-state index in [9.17, 15) is 4.79 Å². The predicted molar refractivity (Wildman–Crippen MR) is 79.6 cm³/mol. The fourth-order valence-electron chi connectivity index (χ4n) is 1.57. The number of hydrogen-bond acceptors (Lipinski definition) is 4. The number of hydrogen-bond donors (Lipinski definition) is 2. The first-order valence-corrected chi connectivity index (χ1v) is 6.49. The van der Waals surface area contributed by atoms with Gasteiger partial charge in [-0.15, -0.1) is 0 Å². The van der Waals surface area contributed by atoms with Crippen molar-refractivity contribution in [2.75, 3.05) is 17.2 Å². The summed E-state index contributed by atoms with van der Waals surface area (Å²) < 4.78 is 4.84. The number of aromatic nitrogens is 1. The number of nitrogens with one attached hydrogen (secondary N) is 2. The molecule has 1 amide bonds. The number of rotatable bonds is 4. The summed E-state index contributed by atoms with van der Waals surface area (Å²) in [6.07, 6.45) is -0.535. The van der Waals surface area contributed by atoms with Crippen LogP contribution >= 0.6 is 11.6 Å². The molecule has 104 valence electrons. The lowest BCUT2D eigenvalue weighted by Crippen LogP contribution is -2.14. The number of nitrogens with zero attached hydrogens (tertiary/aromatic N) is 1. The molecule has 1 aromatic heterocycles. The van der Waals surface area contributed by atoms with Crippen LogP contribution in [0.2, 0.25) is 5.15 Å². The first-order valence-electron chi connectivity index (χ1n) is 6.11. The second-order valence-electron chi connectivity index (χ2n) is 3.87. The molecule has 20 heavy (non-hydrogen) atoms. The van der Waals surface area contributed by atoms with Gasteiger partial charge in [-0.25, -0.2) is 9.78 Å². The van der Waals surface area contributed by atoms with Gasteiger partial charge < -0.3 is 10.1 Å². The van der Waals surface area contributed by atoms with Crippen molar-refractivity contribution in [3.63, 3.8) is 0 Å². The van der Waals surface area contributed by atoms with Crippen LogP contribution in [0.3, 0.4) is 0 Å². The third-order valence-corrected chi connectivity index (χ3v) is 2.62. The largest absolute Gasteiger partial charge is 0.450 e. The third kappa shape index (κ3) is 3.86. The minimum atomic E-state index is -0.535. The molecule has 1 aromatic carbocycles. The van der Waals surface area contributed by atoms with Crippen LogP contribution in [0.1, 0.15) is 6.92 Å². The Morgan fingerprint density at radius 1 is 1.25 bits per heavy atom. The Hall–Kier alpha value is -2.27. The minimum absolute atomic E-state index is 0.300. The molecule has 2 N–H and O–H groups in total. The normalized spacial score (nSPS) is 9.90. The predicted octanol–water partition coefficient (Wildman–Crippen LogP) is 4.05. The smallest absolute Gasteiger partial charge is 0.411 e. The van der Waals surface area contributed by atoms with E-state index in [0.717, 1.165) is 5.69 Å². The zero-order valence-electron chi connectivity index (χ0n) is 10.9. The van der Waals surface area contributed by atoms with E-state index in [2.05, 4.69) is 15.6 Å². The maximum absolute atomic E-state index is 11.5. The van der Waals surface area contributed by atoms with Crippen molar-refractivity contribution >= 4 is 34.9 Å². The van der Waals surface area contributed by atoms with Gasteiger partial charge >= 0.3 is 6.09 Å². The van der Waals surface area contributed by atoms with Gasteiger partial charge in [0.25, 0.3) is 0 Å². The number of pyridine rings is 1. The highest BCUT2D eigenvalue weighted by atomic mass is 35.5. The van der Waals surface area contributed by atoms with Gasteiger partial charge in [0, 0.05) is 5.69 Å². The average molecular weight is 292 g/mol. The number of halogens is 1. The zero-order chi connectivity index (χ0) is 14.4. The Morgan fingerprint density at radius 3 is 2.70 bits per heavy atom. The summed E-state index contributed by atoms with van der Waals surface area (Å²) in [5.41, 5.74) is 1.34. The number of anilines is 3. The van der Waals surface area contributed by atoms with E-state index in [1.54, 1.807) is 19.1 Å². The summed E-state index contributed by atoms with van der Waals surface area (Å²) in [4.78, 5) is 15.6. The van der Waals surface area contributed by atoms with Crippen LogP contribution in [-0.2, 0) is 4.74 Å². The standard InChI is InChI=1S/C14H14ClN3O2/c1-2-20-14(19)17-11-8-9-12(15)18-13(11)16-10-6-4-3-5-7-10/h3-9H,2H2,1H3,(H,16,18)(H,17,19). The third-order valence-electron chi connectivity index (χ3n) is 2.41. The molecule has 5 nitrogen and oxygen atoms in total. The number of para-hydroxylation sites is 1. The first-order chi connectivity index (χ1) is 9.69. The minimum Gasteiger partial charge on any atom is -0.450 e. The van der Waals surface area contributed by atoms with Crippen molar-refractivity contribution in [3.8, 4) is 0 Å². The van der Waals surface area contributed by atoms with E-state index in [-0.39, 0.29) is 0 Å². The molecule has 0 aliphatic rings. The second kappa shape index (κ2) is 6.77. The number of benzene rings is 1. The van der Waals surface area contributed by atoms with Crippen molar-refractivity contribution < 1.29 is 9.53 Å². The summed E-state index contributed by atoms with van der Waals surface area (Å²) in [7, 11) is 0. The quantitative estimate of drug-likeness (QED) is 0.834. The van der Waals surface area contributed by atoms with Crippen molar-refractivity contribution in [2.24, 2.45) is 0 Å². The molecule has 2 rings (SSSR count). The van der Waals surface area contributed by atoms with Gasteiger partial charge in [-0.3, -0.25) is 5.32 Å². The summed E-state index contributed by atoms with van der Waals surface area (Å²) in [5, 5.41) is 6.04. The van der Waals surface area contributed by atoms with E-state index in [1.807, 2.05) is 30.3 Å². The Morgan fingerprint density at radius 2 is 2.00 bits per heavy atom. The van der Waals surface area contributed by atoms with E-state index in [1.165, 1.54) is 0 Å². The van der Waals surface area contributed by atoms with Gasteiger partial charge in [-0.2, -0.15) is 0 Å². The molecule has 0 aliphatic carbocycles. The van der Waals surface area contributed by atoms with Gasteiger partial charge in [-0.05, 0) is 31.2 Å². The fourth-order valence-corrected chi connectivity index (χ4v) is 1.71. The van der Waals surface area contributed by atoms with E-state index in [4.69, 9.17) is 16.3 Å². The lowest BCUT2D eigenvalue weighted by Gasteiger charge is -2.12. The van der Waals surface area contributed by atoms with E-state index in [0.29, 0.717) is 23.3 Å². The molecule has 0 spiro atoms. The van der Waals surface area contributed by atoms with Gasteiger partial charge in [-0.1, -0.05) is 29.8 Å². The topological polar surface area (TPSA) is 63.2 Å². The highest BCUT2D eigenvalue weighted by Gasteiger charge is 2.09. The van der Waals surface area contributed by atoms with Crippen LogP contribution in [0.25, 0.3) is 0 Å². The van der Waals surface area contributed by atoms with Crippen molar-refractivity contribution in [1.29, 1.82) is 0 Å². The van der Waals surface area contributed by atoms with Crippen molar-refractivity contribution in [3.05, 3.63) is 47.6 Å². The molecule has 0 fully saturated rings. The van der Waals surface area contributed by atoms with Crippen LogP contribution in [0, 0.1) is 0 Å². The SMILES string of the molecule is CCOC(=O)Nc1ccc(Cl)nc1Nc1ccccc1. The molecular weight excluding hydrogens is 278 g/mol.